The van der Waals surface area contributed by atoms with Crippen molar-refractivity contribution in [3.05, 3.63) is 70.8 Å². The highest BCUT2D eigenvalue weighted by molar-refractivity contribution is 8.00. The van der Waals surface area contributed by atoms with E-state index in [2.05, 4.69) is 39.7 Å². The number of rotatable bonds is 8. The first-order valence-corrected chi connectivity index (χ1v) is 12.4. The van der Waals surface area contributed by atoms with Crippen LogP contribution in [0, 0.1) is 0 Å². The fraction of sp³-hybridized carbons (Fsp3) is 0.208. The number of halogens is 1. The maximum atomic E-state index is 12.5. The van der Waals surface area contributed by atoms with Crippen molar-refractivity contribution >= 4 is 56.5 Å². The summed E-state index contributed by atoms with van der Waals surface area (Å²) in [5.74, 6) is 0.223. The van der Waals surface area contributed by atoms with Crippen LogP contribution in [0.2, 0.25) is 5.02 Å². The molecule has 4 nitrogen and oxygen atoms in total. The van der Waals surface area contributed by atoms with E-state index in [1.807, 2.05) is 36.4 Å². The van der Waals surface area contributed by atoms with Crippen LogP contribution >= 0.6 is 34.7 Å². The van der Waals surface area contributed by atoms with Gasteiger partial charge in [0.25, 0.3) is 0 Å². The summed E-state index contributed by atoms with van der Waals surface area (Å²) in [5, 5.41) is 7.54. The Morgan fingerprint density at radius 1 is 1.10 bits per heavy atom. The van der Waals surface area contributed by atoms with Crippen LogP contribution in [-0.2, 0) is 11.2 Å². The fourth-order valence-electron chi connectivity index (χ4n) is 3.27. The van der Waals surface area contributed by atoms with Crippen molar-refractivity contribution in [3.63, 3.8) is 0 Å². The molecule has 158 valence electrons. The third kappa shape index (κ3) is 5.45. The van der Waals surface area contributed by atoms with Crippen LogP contribution in [-0.4, -0.2) is 21.6 Å². The summed E-state index contributed by atoms with van der Waals surface area (Å²) in [4.78, 5) is 22.3. The standard InChI is InChI=1S/C24H22ClN3OS2/c1-2-3-4-16-5-11-19(12-6-16)28-21(29)14-31-24-22-20(13-30-23(22)26-15-27-24)17-7-9-18(25)10-8-17/h5-13,15H,2-4,14H2,1H3,(H,28,29). The lowest BCUT2D eigenvalue weighted by atomic mass is 10.1. The second kappa shape index (κ2) is 10.3. The number of aryl methyl sites for hydroxylation is 1. The highest BCUT2D eigenvalue weighted by atomic mass is 35.5. The van der Waals surface area contributed by atoms with Gasteiger partial charge in [0.05, 0.1) is 11.1 Å². The Hall–Kier alpha value is -2.41. The lowest BCUT2D eigenvalue weighted by Crippen LogP contribution is -2.14. The van der Waals surface area contributed by atoms with Crippen molar-refractivity contribution in [1.29, 1.82) is 0 Å². The number of benzene rings is 2. The molecule has 0 aliphatic carbocycles. The monoisotopic (exact) mass is 467 g/mol. The van der Waals surface area contributed by atoms with Gasteiger partial charge in [-0.1, -0.05) is 61.0 Å². The van der Waals surface area contributed by atoms with E-state index in [0.29, 0.717) is 5.02 Å². The topological polar surface area (TPSA) is 54.9 Å². The first kappa shape index (κ1) is 21.8. The normalized spacial score (nSPS) is 11.0. The lowest BCUT2D eigenvalue weighted by Gasteiger charge is -2.08. The summed E-state index contributed by atoms with van der Waals surface area (Å²) < 4.78 is 0. The van der Waals surface area contributed by atoms with E-state index in [-0.39, 0.29) is 11.7 Å². The molecule has 0 saturated heterocycles. The predicted molar refractivity (Wildman–Crippen MR) is 132 cm³/mol. The van der Waals surface area contributed by atoms with Gasteiger partial charge in [-0.05, 0) is 48.2 Å². The molecule has 2 heterocycles. The minimum atomic E-state index is -0.0543. The Balaban J connectivity index is 1.45. The van der Waals surface area contributed by atoms with E-state index < -0.39 is 0 Å². The van der Waals surface area contributed by atoms with Crippen molar-refractivity contribution < 1.29 is 4.79 Å². The Labute approximate surface area is 195 Å². The molecular formula is C24H22ClN3OS2. The fourth-order valence-corrected chi connectivity index (χ4v) is 5.18. The highest BCUT2D eigenvalue weighted by Gasteiger charge is 2.15. The molecule has 0 fully saturated rings. The molecule has 0 bridgehead atoms. The minimum Gasteiger partial charge on any atom is -0.325 e. The zero-order chi connectivity index (χ0) is 21.6. The molecule has 0 aliphatic heterocycles. The van der Waals surface area contributed by atoms with Crippen LogP contribution in [0.25, 0.3) is 21.3 Å². The summed E-state index contributed by atoms with van der Waals surface area (Å²) in [6.07, 6.45) is 4.98. The lowest BCUT2D eigenvalue weighted by molar-refractivity contribution is -0.113. The van der Waals surface area contributed by atoms with Crippen molar-refractivity contribution in [2.45, 2.75) is 31.2 Å². The molecule has 1 N–H and O–H groups in total. The number of carbonyl (C=O) groups is 1. The number of anilines is 1. The number of fused-ring (bicyclic) bond motifs is 1. The molecule has 2 aromatic carbocycles. The summed E-state index contributed by atoms with van der Waals surface area (Å²) >= 11 is 9.03. The Morgan fingerprint density at radius 3 is 2.61 bits per heavy atom. The largest absolute Gasteiger partial charge is 0.325 e. The molecule has 0 spiro atoms. The molecule has 7 heteroatoms. The van der Waals surface area contributed by atoms with Crippen LogP contribution in [0.15, 0.2) is 65.3 Å². The van der Waals surface area contributed by atoms with Crippen molar-refractivity contribution in [2.24, 2.45) is 0 Å². The summed E-state index contributed by atoms with van der Waals surface area (Å²) in [5.41, 5.74) is 4.23. The van der Waals surface area contributed by atoms with Crippen LogP contribution < -0.4 is 5.32 Å². The van der Waals surface area contributed by atoms with Gasteiger partial charge >= 0.3 is 0 Å². The third-order valence-corrected chi connectivity index (χ3v) is 7.02. The minimum absolute atomic E-state index is 0.0543. The number of amides is 1. The molecule has 0 aliphatic rings. The maximum absolute atomic E-state index is 12.5. The molecule has 2 aromatic heterocycles. The number of nitrogens with one attached hydrogen (secondary N) is 1. The number of thiophene rings is 1. The third-order valence-electron chi connectivity index (χ3n) is 4.89. The first-order valence-electron chi connectivity index (χ1n) is 10.1. The predicted octanol–water partition coefficient (Wildman–Crippen LogP) is 7.09. The van der Waals surface area contributed by atoms with Gasteiger partial charge in [-0.15, -0.1) is 11.3 Å². The molecule has 4 aromatic rings. The van der Waals surface area contributed by atoms with Crippen molar-refractivity contribution in [3.8, 4) is 11.1 Å². The van der Waals surface area contributed by atoms with Gasteiger partial charge in [-0.25, -0.2) is 9.97 Å². The van der Waals surface area contributed by atoms with E-state index in [0.717, 1.165) is 38.5 Å². The quantitative estimate of drug-likeness (QED) is 0.222. The Kier molecular flexibility index (Phi) is 7.22. The summed E-state index contributed by atoms with van der Waals surface area (Å²) in [7, 11) is 0. The number of aromatic nitrogens is 2. The van der Waals surface area contributed by atoms with Crippen LogP contribution in [0.1, 0.15) is 25.3 Å². The van der Waals surface area contributed by atoms with Crippen LogP contribution in [0.4, 0.5) is 5.69 Å². The average Bonchev–Trinajstić information content (AvgIpc) is 3.22. The van der Waals surface area contributed by atoms with E-state index in [1.54, 1.807) is 17.7 Å². The number of hydrogen-bond acceptors (Lipinski definition) is 5. The number of hydrogen-bond donors (Lipinski definition) is 1. The Morgan fingerprint density at radius 2 is 1.87 bits per heavy atom. The van der Waals surface area contributed by atoms with Gasteiger partial charge in [0, 0.05) is 21.7 Å². The summed E-state index contributed by atoms with van der Waals surface area (Å²) in [6, 6.07) is 15.8. The molecule has 31 heavy (non-hydrogen) atoms. The van der Waals surface area contributed by atoms with E-state index >= 15 is 0 Å². The number of carbonyl (C=O) groups excluding carboxylic acids is 1. The van der Waals surface area contributed by atoms with Crippen molar-refractivity contribution in [2.75, 3.05) is 11.1 Å². The first-order chi connectivity index (χ1) is 15.1. The second-order valence-corrected chi connectivity index (χ2v) is 9.41. The van der Waals surface area contributed by atoms with Gasteiger partial charge < -0.3 is 5.32 Å². The highest BCUT2D eigenvalue weighted by Crippen LogP contribution is 2.38. The molecular weight excluding hydrogens is 446 g/mol. The van der Waals surface area contributed by atoms with Gasteiger partial charge in [0.1, 0.15) is 16.2 Å². The Bertz CT molecular complexity index is 1170. The molecule has 0 radical (unpaired) electrons. The van der Waals surface area contributed by atoms with Crippen LogP contribution in [0.3, 0.4) is 0 Å². The molecule has 1 amide bonds. The van der Waals surface area contributed by atoms with Gasteiger partial charge in [0.2, 0.25) is 5.91 Å². The average molecular weight is 468 g/mol. The molecule has 4 rings (SSSR count). The second-order valence-electron chi connectivity index (χ2n) is 7.15. The van der Waals surface area contributed by atoms with E-state index in [9.17, 15) is 4.79 Å². The van der Waals surface area contributed by atoms with Crippen molar-refractivity contribution in [1.82, 2.24) is 9.97 Å². The number of thioether (sulfide) groups is 1. The van der Waals surface area contributed by atoms with Gasteiger partial charge in [-0.2, -0.15) is 0 Å². The zero-order valence-electron chi connectivity index (χ0n) is 17.1. The number of nitrogens with zero attached hydrogens (tertiary/aromatic N) is 2. The van der Waals surface area contributed by atoms with Crippen LogP contribution in [0.5, 0.6) is 0 Å². The smallest absolute Gasteiger partial charge is 0.234 e. The van der Waals surface area contributed by atoms with Gasteiger partial charge in [-0.3, -0.25) is 4.79 Å². The zero-order valence-corrected chi connectivity index (χ0v) is 19.5. The maximum Gasteiger partial charge on any atom is 0.234 e. The molecule has 0 unspecified atom stereocenters. The SMILES string of the molecule is CCCCc1ccc(NC(=O)CSc2ncnc3scc(-c4ccc(Cl)cc4)c23)cc1. The molecule has 0 saturated carbocycles. The van der Waals surface area contributed by atoms with E-state index in [4.69, 9.17) is 11.6 Å². The number of unbranched alkanes of at least 4 members (excludes halogenated alkanes) is 1. The molecule has 0 atom stereocenters. The van der Waals surface area contributed by atoms with Gasteiger partial charge in [0.15, 0.2) is 0 Å². The summed E-state index contributed by atoms with van der Waals surface area (Å²) in [6.45, 7) is 2.19. The van der Waals surface area contributed by atoms with E-state index in [1.165, 1.54) is 30.2 Å².